The van der Waals surface area contributed by atoms with Gasteiger partial charge in [0, 0.05) is 32.6 Å². The Balaban J connectivity index is 1.78. The lowest BCUT2D eigenvalue weighted by atomic mass is 10.0. The first-order valence-electron chi connectivity index (χ1n) is 9.82. The standard InChI is InChI=1S/C20H31N5O2S/c1-14(2)19(23-28(5,26)27)20-22-21-18-8-9-24(10-11-25(18)20)13-17-12-15(3)6-7-16(17)4/h6-7,12,14,19,23H,8-11,13H2,1-5H3. The van der Waals surface area contributed by atoms with E-state index in [4.69, 9.17) is 0 Å². The van der Waals surface area contributed by atoms with Crippen molar-refractivity contribution in [2.45, 2.75) is 53.2 Å². The average molecular weight is 406 g/mol. The van der Waals surface area contributed by atoms with E-state index < -0.39 is 10.0 Å². The van der Waals surface area contributed by atoms with Gasteiger partial charge in [0.25, 0.3) is 0 Å². The first-order chi connectivity index (χ1) is 13.1. The van der Waals surface area contributed by atoms with Gasteiger partial charge in [0.2, 0.25) is 10.0 Å². The molecule has 1 unspecified atom stereocenters. The average Bonchev–Trinajstić information content (AvgIpc) is 2.89. The van der Waals surface area contributed by atoms with Crippen LogP contribution in [0.3, 0.4) is 0 Å². The van der Waals surface area contributed by atoms with Crippen LogP contribution in [0.1, 0.15) is 48.2 Å². The summed E-state index contributed by atoms with van der Waals surface area (Å²) in [7, 11) is -3.33. The Hall–Kier alpha value is -1.77. The molecular weight excluding hydrogens is 374 g/mol. The molecule has 3 rings (SSSR count). The molecule has 0 amide bonds. The summed E-state index contributed by atoms with van der Waals surface area (Å²) in [5.74, 6) is 1.72. The molecular formula is C20H31N5O2S. The minimum Gasteiger partial charge on any atom is -0.312 e. The van der Waals surface area contributed by atoms with Crippen LogP contribution in [-0.2, 0) is 29.5 Å². The second kappa shape index (κ2) is 8.31. The van der Waals surface area contributed by atoms with E-state index in [0.717, 1.165) is 38.4 Å². The SMILES string of the molecule is Cc1ccc(C)c(CN2CCc3nnc(C(NS(C)(=O)=O)C(C)C)n3CC2)c1. The minimum atomic E-state index is -3.33. The summed E-state index contributed by atoms with van der Waals surface area (Å²) < 4.78 is 28.5. The smallest absolute Gasteiger partial charge is 0.209 e. The molecule has 0 aliphatic carbocycles. The predicted molar refractivity (Wildman–Crippen MR) is 110 cm³/mol. The maximum atomic E-state index is 11.8. The second-order valence-electron chi connectivity index (χ2n) is 8.19. The van der Waals surface area contributed by atoms with Crippen molar-refractivity contribution in [3.63, 3.8) is 0 Å². The third-order valence-electron chi connectivity index (χ3n) is 5.33. The van der Waals surface area contributed by atoms with Crippen LogP contribution in [0.15, 0.2) is 18.2 Å². The van der Waals surface area contributed by atoms with Gasteiger partial charge in [-0.3, -0.25) is 4.90 Å². The van der Waals surface area contributed by atoms with Crippen molar-refractivity contribution in [2.24, 2.45) is 5.92 Å². The number of hydrogen-bond donors (Lipinski definition) is 1. The van der Waals surface area contributed by atoms with Gasteiger partial charge < -0.3 is 4.57 Å². The summed E-state index contributed by atoms with van der Waals surface area (Å²) in [5, 5.41) is 8.72. The van der Waals surface area contributed by atoms with Crippen LogP contribution in [0, 0.1) is 19.8 Å². The molecule has 0 fully saturated rings. The normalized spacial score (nSPS) is 16.8. The molecule has 1 aliphatic heterocycles. The zero-order valence-corrected chi connectivity index (χ0v) is 18.3. The summed E-state index contributed by atoms with van der Waals surface area (Å²) in [6.45, 7) is 11.7. The highest BCUT2D eigenvalue weighted by Crippen LogP contribution is 2.23. The topological polar surface area (TPSA) is 80.1 Å². The van der Waals surface area contributed by atoms with E-state index in [1.54, 1.807) is 0 Å². The van der Waals surface area contributed by atoms with Crippen molar-refractivity contribution in [1.82, 2.24) is 24.4 Å². The Morgan fingerprint density at radius 1 is 1.14 bits per heavy atom. The lowest BCUT2D eigenvalue weighted by Crippen LogP contribution is -2.33. The summed E-state index contributed by atoms with van der Waals surface area (Å²) in [5.41, 5.74) is 3.95. The highest BCUT2D eigenvalue weighted by molar-refractivity contribution is 7.88. The molecule has 0 saturated heterocycles. The largest absolute Gasteiger partial charge is 0.312 e. The van der Waals surface area contributed by atoms with E-state index in [1.165, 1.54) is 22.9 Å². The molecule has 2 heterocycles. The summed E-state index contributed by atoms with van der Waals surface area (Å²) in [4.78, 5) is 2.44. The van der Waals surface area contributed by atoms with Gasteiger partial charge in [0.15, 0.2) is 5.82 Å². The molecule has 154 valence electrons. The van der Waals surface area contributed by atoms with Gasteiger partial charge in [0.1, 0.15) is 5.82 Å². The van der Waals surface area contributed by atoms with E-state index in [2.05, 4.69) is 56.4 Å². The Morgan fingerprint density at radius 3 is 2.57 bits per heavy atom. The van der Waals surface area contributed by atoms with E-state index in [-0.39, 0.29) is 12.0 Å². The third-order valence-corrected chi connectivity index (χ3v) is 6.01. The van der Waals surface area contributed by atoms with Gasteiger partial charge in [0.05, 0.1) is 12.3 Å². The van der Waals surface area contributed by atoms with Crippen LogP contribution in [-0.4, -0.2) is 47.4 Å². The van der Waals surface area contributed by atoms with Crippen LogP contribution >= 0.6 is 0 Å². The van der Waals surface area contributed by atoms with E-state index in [9.17, 15) is 8.42 Å². The molecule has 8 heteroatoms. The quantitative estimate of drug-likeness (QED) is 0.797. The van der Waals surface area contributed by atoms with Crippen molar-refractivity contribution in [3.05, 3.63) is 46.5 Å². The molecule has 7 nitrogen and oxygen atoms in total. The highest BCUT2D eigenvalue weighted by Gasteiger charge is 2.28. The van der Waals surface area contributed by atoms with E-state index in [1.807, 2.05) is 13.8 Å². The van der Waals surface area contributed by atoms with Crippen LogP contribution < -0.4 is 4.72 Å². The summed E-state index contributed by atoms with van der Waals surface area (Å²) >= 11 is 0. The maximum absolute atomic E-state index is 11.8. The molecule has 2 aromatic rings. The van der Waals surface area contributed by atoms with Crippen molar-refractivity contribution in [2.75, 3.05) is 19.3 Å². The summed E-state index contributed by atoms with van der Waals surface area (Å²) in [6.07, 6.45) is 2.00. The number of benzene rings is 1. The Bertz CT molecular complexity index is 936. The van der Waals surface area contributed by atoms with E-state index >= 15 is 0 Å². The monoisotopic (exact) mass is 405 g/mol. The molecule has 1 aliphatic rings. The molecule has 0 saturated carbocycles. The fraction of sp³-hybridized carbons (Fsp3) is 0.600. The number of hydrogen-bond acceptors (Lipinski definition) is 5. The number of nitrogens with zero attached hydrogens (tertiary/aromatic N) is 4. The minimum absolute atomic E-state index is 0.0809. The van der Waals surface area contributed by atoms with Crippen LogP contribution in [0.25, 0.3) is 0 Å². The number of sulfonamides is 1. The zero-order valence-electron chi connectivity index (χ0n) is 17.4. The first kappa shape index (κ1) is 21.0. The molecule has 1 N–H and O–H groups in total. The number of aryl methyl sites for hydroxylation is 2. The van der Waals surface area contributed by atoms with Crippen molar-refractivity contribution < 1.29 is 8.42 Å². The van der Waals surface area contributed by atoms with Gasteiger partial charge in [-0.05, 0) is 30.9 Å². The lowest BCUT2D eigenvalue weighted by molar-refractivity contribution is 0.268. The zero-order chi connectivity index (χ0) is 20.5. The van der Waals surface area contributed by atoms with Gasteiger partial charge in [-0.15, -0.1) is 10.2 Å². The Morgan fingerprint density at radius 2 is 1.89 bits per heavy atom. The molecule has 1 atom stereocenters. The Labute approximate surface area is 168 Å². The van der Waals surface area contributed by atoms with Gasteiger partial charge in [-0.1, -0.05) is 37.6 Å². The van der Waals surface area contributed by atoms with Crippen molar-refractivity contribution >= 4 is 10.0 Å². The van der Waals surface area contributed by atoms with E-state index in [0.29, 0.717) is 5.82 Å². The van der Waals surface area contributed by atoms with Crippen LogP contribution in [0.4, 0.5) is 0 Å². The molecule has 0 spiro atoms. The van der Waals surface area contributed by atoms with Crippen molar-refractivity contribution in [3.8, 4) is 0 Å². The van der Waals surface area contributed by atoms with Crippen molar-refractivity contribution in [1.29, 1.82) is 0 Å². The highest BCUT2D eigenvalue weighted by atomic mass is 32.2. The maximum Gasteiger partial charge on any atom is 0.209 e. The molecule has 0 radical (unpaired) electrons. The molecule has 1 aromatic heterocycles. The lowest BCUT2D eigenvalue weighted by Gasteiger charge is -2.23. The van der Waals surface area contributed by atoms with Gasteiger partial charge in [-0.25, -0.2) is 13.1 Å². The summed E-state index contributed by atoms with van der Waals surface area (Å²) in [6, 6.07) is 6.22. The second-order valence-corrected chi connectivity index (χ2v) is 9.97. The molecule has 28 heavy (non-hydrogen) atoms. The van der Waals surface area contributed by atoms with Crippen LogP contribution in [0.2, 0.25) is 0 Å². The Kier molecular flexibility index (Phi) is 6.21. The van der Waals surface area contributed by atoms with Gasteiger partial charge in [-0.2, -0.15) is 0 Å². The number of rotatable bonds is 6. The number of nitrogens with one attached hydrogen (secondary N) is 1. The fourth-order valence-electron chi connectivity index (χ4n) is 3.71. The fourth-order valence-corrected chi connectivity index (χ4v) is 4.55. The molecule has 1 aromatic carbocycles. The van der Waals surface area contributed by atoms with Crippen LogP contribution in [0.5, 0.6) is 0 Å². The number of aromatic nitrogens is 3. The molecule has 0 bridgehead atoms. The third kappa shape index (κ3) is 4.98. The predicted octanol–water partition coefficient (Wildman–Crippen LogP) is 2.20. The number of fused-ring (bicyclic) bond motifs is 1. The first-order valence-corrected chi connectivity index (χ1v) is 11.7. The van der Waals surface area contributed by atoms with Gasteiger partial charge >= 0.3 is 0 Å².